The van der Waals surface area contributed by atoms with Crippen LogP contribution >= 0.6 is 0 Å². The van der Waals surface area contributed by atoms with Crippen LogP contribution in [0.2, 0.25) is 0 Å². The molecule has 3 heteroatoms. The Bertz CT molecular complexity index is 114. The Kier molecular flexibility index (Phi) is 6.29. The van der Waals surface area contributed by atoms with Crippen molar-refractivity contribution in [3.8, 4) is 0 Å². The summed E-state index contributed by atoms with van der Waals surface area (Å²) in [4.78, 5) is 2.12. The van der Waals surface area contributed by atoms with E-state index in [1.54, 1.807) is 0 Å². The van der Waals surface area contributed by atoms with E-state index >= 15 is 0 Å². The zero-order valence-corrected chi connectivity index (χ0v) is 9.47. The molecule has 0 fully saturated rings. The van der Waals surface area contributed by atoms with Crippen LogP contribution in [0.15, 0.2) is 0 Å². The van der Waals surface area contributed by atoms with Crippen LogP contribution in [0, 0.1) is 0 Å². The first-order valence-corrected chi connectivity index (χ1v) is 5.09. The van der Waals surface area contributed by atoms with E-state index in [0.717, 1.165) is 26.0 Å². The van der Waals surface area contributed by atoms with Crippen LogP contribution in [0.5, 0.6) is 0 Å². The van der Waals surface area contributed by atoms with E-state index in [4.69, 9.17) is 10.5 Å². The van der Waals surface area contributed by atoms with Gasteiger partial charge in [-0.1, -0.05) is 13.8 Å². The van der Waals surface area contributed by atoms with E-state index in [0.29, 0.717) is 6.54 Å². The van der Waals surface area contributed by atoms with Gasteiger partial charge in [0.05, 0.1) is 12.2 Å². The summed E-state index contributed by atoms with van der Waals surface area (Å²) < 4.78 is 5.82. The van der Waals surface area contributed by atoms with Gasteiger partial charge in [0.1, 0.15) is 0 Å². The minimum Gasteiger partial charge on any atom is -0.372 e. The van der Waals surface area contributed by atoms with E-state index in [1.807, 2.05) is 14.1 Å². The highest BCUT2D eigenvalue weighted by molar-refractivity contribution is 4.78. The van der Waals surface area contributed by atoms with Crippen molar-refractivity contribution in [3.05, 3.63) is 0 Å². The molecule has 13 heavy (non-hydrogen) atoms. The van der Waals surface area contributed by atoms with E-state index in [2.05, 4.69) is 18.7 Å². The van der Waals surface area contributed by atoms with Crippen LogP contribution in [0.25, 0.3) is 0 Å². The van der Waals surface area contributed by atoms with Crippen molar-refractivity contribution in [2.45, 2.75) is 32.3 Å². The number of hydrogen-bond donors (Lipinski definition) is 1. The number of ether oxygens (including phenoxy) is 1. The maximum absolute atomic E-state index is 5.82. The van der Waals surface area contributed by atoms with Crippen LogP contribution in [0.3, 0.4) is 0 Å². The van der Waals surface area contributed by atoms with Gasteiger partial charge < -0.3 is 15.4 Å². The monoisotopic (exact) mass is 188 g/mol. The predicted molar refractivity (Wildman–Crippen MR) is 56.9 cm³/mol. The molecule has 0 rings (SSSR count). The van der Waals surface area contributed by atoms with Crippen molar-refractivity contribution in [2.24, 2.45) is 5.73 Å². The Morgan fingerprint density at radius 2 is 1.77 bits per heavy atom. The lowest BCUT2D eigenvalue weighted by molar-refractivity contribution is -0.0484. The maximum atomic E-state index is 5.82. The van der Waals surface area contributed by atoms with Crippen LogP contribution in [-0.2, 0) is 4.74 Å². The first-order chi connectivity index (χ1) is 6.10. The van der Waals surface area contributed by atoms with Gasteiger partial charge in [-0.2, -0.15) is 0 Å². The smallest absolute Gasteiger partial charge is 0.0799 e. The molecule has 80 valence electrons. The molecule has 0 aliphatic carbocycles. The number of hydrogen-bond acceptors (Lipinski definition) is 3. The lowest BCUT2D eigenvalue weighted by atomic mass is 9.97. The largest absolute Gasteiger partial charge is 0.372 e. The van der Waals surface area contributed by atoms with Gasteiger partial charge in [-0.3, -0.25) is 0 Å². The molecule has 0 aliphatic heterocycles. The number of rotatable bonds is 7. The topological polar surface area (TPSA) is 38.5 Å². The second-order valence-corrected chi connectivity index (χ2v) is 3.75. The molecule has 0 spiro atoms. The fourth-order valence-electron chi connectivity index (χ4n) is 1.25. The minimum absolute atomic E-state index is 0.0873. The van der Waals surface area contributed by atoms with Gasteiger partial charge in [-0.15, -0.1) is 0 Å². The second kappa shape index (κ2) is 6.35. The second-order valence-electron chi connectivity index (χ2n) is 3.75. The van der Waals surface area contributed by atoms with Crippen molar-refractivity contribution < 1.29 is 4.74 Å². The standard InChI is InChI=1S/C10H24N2O/c1-5-10(6-2,9-11)13-8-7-12(3)4/h5-9,11H2,1-4H3. The Balaban J connectivity index is 3.81. The van der Waals surface area contributed by atoms with Crippen LogP contribution in [-0.4, -0.2) is 44.3 Å². The molecule has 0 bridgehead atoms. The molecule has 0 amide bonds. The number of nitrogens with two attached hydrogens (primary N) is 1. The first-order valence-electron chi connectivity index (χ1n) is 5.09. The summed E-state index contributed by atoms with van der Waals surface area (Å²) in [5.41, 5.74) is 5.62. The first kappa shape index (κ1) is 12.9. The summed E-state index contributed by atoms with van der Waals surface area (Å²) >= 11 is 0. The zero-order chi connectivity index (χ0) is 10.3. The summed E-state index contributed by atoms with van der Waals surface area (Å²) in [6, 6.07) is 0. The average molecular weight is 188 g/mol. The molecule has 2 N–H and O–H groups in total. The van der Waals surface area contributed by atoms with Gasteiger partial charge in [0.25, 0.3) is 0 Å². The van der Waals surface area contributed by atoms with Gasteiger partial charge in [-0.25, -0.2) is 0 Å². The molecule has 0 aromatic rings. The lowest BCUT2D eigenvalue weighted by Gasteiger charge is -2.31. The van der Waals surface area contributed by atoms with Crippen LogP contribution < -0.4 is 5.73 Å². The molecule has 0 aromatic heterocycles. The van der Waals surface area contributed by atoms with E-state index in [9.17, 15) is 0 Å². The minimum atomic E-state index is -0.0873. The van der Waals surface area contributed by atoms with Gasteiger partial charge in [0, 0.05) is 13.1 Å². The molecule has 0 unspecified atom stereocenters. The molecule has 3 nitrogen and oxygen atoms in total. The zero-order valence-electron chi connectivity index (χ0n) is 9.47. The normalized spacial score (nSPS) is 12.5. The Morgan fingerprint density at radius 3 is 2.08 bits per heavy atom. The highest BCUT2D eigenvalue weighted by Crippen LogP contribution is 2.18. The third-order valence-corrected chi connectivity index (χ3v) is 2.61. The average Bonchev–Trinajstić information content (AvgIpc) is 2.13. The summed E-state index contributed by atoms with van der Waals surface area (Å²) in [7, 11) is 4.09. The van der Waals surface area contributed by atoms with Crippen molar-refractivity contribution >= 4 is 0 Å². The number of likely N-dealkylation sites (N-methyl/N-ethyl adjacent to an activating group) is 1. The Labute approximate surface area is 82.2 Å². The molecule has 0 aromatic carbocycles. The molecular weight excluding hydrogens is 164 g/mol. The number of nitrogens with zero attached hydrogens (tertiary/aromatic N) is 1. The van der Waals surface area contributed by atoms with Crippen LogP contribution in [0.4, 0.5) is 0 Å². The highest BCUT2D eigenvalue weighted by atomic mass is 16.5. The van der Waals surface area contributed by atoms with E-state index in [-0.39, 0.29) is 5.60 Å². The molecule has 0 atom stereocenters. The maximum Gasteiger partial charge on any atom is 0.0799 e. The molecular formula is C10H24N2O. The summed E-state index contributed by atoms with van der Waals surface area (Å²) in [6.07, 6.45) is 1.99. The van der Waals surface area contributed by atoms with Crippen molar-refractivity contribution in [1.29, 1.82) is 0 Å². The van der Waals surface area contributed by atoms with E-state index in [1.165, 1.54) is 0 Å². The lowest BCUT2D eigenvalue weighted by Crippen LogP contribution is -2.41. The predicted octanol–water partition coefficient (Wildman–Crippen LogP) is 1.08. The van der Waals surface area contributed by atoms with Gasteiger partial charge in [0.15, 0.2) is 0 Å². The van der Waals surface area contributed by atoms with Crippen LogP contribution in [0.1, 0.15) is 26.7 Å². The third kappa shape index (κ3) is 4.60. The van der Waals surface area contributed by atoms with Crippen molar-refractivity contribution in [1.82, 2.24) is 4.90 Å². The third-order valence-electron chi connectivity index (χ3n) is 2.61. The van der Waals surface area contributed by atoms with Crippen molar-refractivity contribution in [3.63, 3.8) is 0 Å². The van der Waals surface area contributed by atoms with E-state index < -0.39 is 0 Å². The highest BCUT2D eigenvalue weighted by Gasteiger charge is 2.24. The molecule has 0 aliphatic rings. The summed E-state index contributed by atoms with van der Waals surface area (Å²) in [6.45, 7) is 6.61. The van der Waals surface area contributed by atoms with Crippen molar-refractivity contribution in [2.75, 3.05) is 33.8 Å². The summed E-state index contributed by atoms with van der Waals surface area (Å²) in [5.74, 6) is 0. The molecule has 0 saturated carbocycles. The SMILES string of the molecule is CCC(CC)(CN)OCCN(C)C. The molecule has 0 saturated heterocycles. The van der Waals surface area contributed by atoms with Gasteiger partial charge >= 0.3 is 0 Å². The fraction of sp³-hybridized carbons (Fsp3) is 1.00. The van der Waals surface area contributed by atoms with Gasteiger partial charge in [-0.05, 0) is 26.9 Å². The Hall–Kier alpha value is -0.120. The fourth-order valence-corrected chi connectivity index (χ4v) is 1.25. The summed E-state index contributed by atoms with van der Waals surface area (Å²) in [5, 5.41) is 0. The van der Waals surface area contributed by atoms with Gasteiger partial charge in [0.2, 0.25) is 0 Å². The Morgan fingerprint density at radius 1 is 1.23 bits per heavy atom. The quantitative estimate of drug-likeness (QED) is 0.650. The molecule has 0 heterocycles. The molecule has 0 radical (unpaired) electrons.